The molecule has 1 heterocycles. The number of nitrogens with one attached hydrogen (secondary N) is 1. The van der Waals surface area contributed by atoms with Crippen LogP contribution in [0.1, 0.15) is 28.4 Å². The Kier molecular flexibility index (Phi) is 4.47. The fraction of sp³-hybridized carbons (Fsp3) is 0.214. The van der Waals surface area contributed by atoms with Crippen LogP contribution < -0.4 is 5.32 Å². The summed E-state index contributed by atoms with van der Waals surface area (Å²) < 4.78 is 0. The zero-order valence-corrected chi connectivity index (χ0v) is 11.3. The van der Waals surface area contributed by atoms with E-state index in [-0.39, 0.29) is 10.7 Å². The van der Waals surface area contributed by atoms with E-state index in [0.717, 1.165) is 6.42 Å². The van der Waals surface area contributed by atoms with Crippen molar-refractivity contribution in [1.82, 2.24) is 9.97 Å². The van der Waals surface area contributed by atoms with Crippen molar-refractivity contribution >= 4 is 23.7 Å². The number of aromatic nitrogens is 2. The van der Waals surface area contributed by atoms with Gasteiger partial charge in [0, 0.05) is 6.54 Å². The van der Waals surface area contributed by atoms with Gasteiger partial charge in [-0.15, -0.1) is 0 Å². The maximum atomic E-state index is 11.0. The van der Waals surface area contributed by atoms with Crippen LogP contribution in [0.25, 0.3) is 0 Å². The lowest BCUT2D eigenvalue weighted by Crippen LogP contribution is -2.07. The second-order valence-corrected chi connectivity index (χ2v) is 4.38. The Morgan fingerprint density at radius 1 is 1.26 bits per heavy atom. The zero-order chi connectivity index (χ0) is 13.7. The maximum absolute atomic E-state index is 11.0. The van der Waals surface area contributed by atoms with Crippen LogP contribution in [0.4, 0.5) is 5.82 Å². The molecule has 19 heavy (non-hydrogen) atoms. The van der Waals surface area contributed by atoms with E-state index in [9.17, 15) is 4.79 Å². The fourth-order valence-corrected chi connectivity index (χ4v) is 2.05. The molecule has 98 valence electrons. The summed E-state index contributed by atoms with van der Waals surface area (Å²) in [7, 11) is 0. The van der Waals surface area contributed by atoms with E-state index in [2.05, 4.69) is 34.3 Å². The highest BCUT2D eigenvalue weighted by atomic mass is 35.5. The number of anilines is 1. The summed E-state index contributed by atoms with van der Waals surface area (Å²) in [6, 6.07) is 8.14. The summed E-state index contributed by atoms with van der Waals surface area (Å²) in [5.74, 6) is 0.459. The van der Waals surface area contributed by atoms with Crippen LogP contribution in [0.15, 0.2) is 30.6 Å². The monoisotopic (exact) mass is 275 g/mol. The van der Waals surface area contributed by atoms with Crippen LogP contribution in [-0.4, -0.2) is 16.3 Å². The lowest BCUT2D eigenvalue weighted by Gasteiger charge is -2.11. The molecule has 2 rings (SSSR count). The van der Waals surface area contributed by atoms with Gasteiger partial charge in [-0.25, -0.2) is 9.97 Å². The van der Waals surface area contributed by atoms with Crippen molar-refractivity contribution in [3.8, 4) is 0 Å². The summed E-state index contributed by atoms with van der Waals surface area (Å²) in [5, 5.41) is 3.29. The van der Waals surface area contributed by atoms with E-state index >= 15 is 0 Å². The minimum atomic E-state index is 0.163. The summed E-state index contributed by atoms with van der Waals surface area (Å²) in [6.45, 7) is 2.70. The lowest BCUT2D eigenvalue weighted by atomic mass is 10.1. The molecule has 0 radical (unpaired) electrons. The van der Waals surface area contributed by atoms with Gasteiger partial charge in [0.1, 0.15) is 17.3 Å². The van der Waals surface area contributed by atoms with E-state index in [1.165, 1.54) is 17.5 Å². The van der Waals surface area contributed by atoms with Gasteiger partial charge in [0.05, 0.1) is 5.56 Å². The first-order valence-corrected chi connectivity index (χ1v) is 6.40. The molecule has 0 bridgehead atoms. The molecule has 1 N–H and O–H groups in total. The van der Waals surface area contributed by atoms with Gasteiger partial charge in [0.2, 0.25) is 0 Å². The second-order valence-electron chi connectivity index (χ2n) is 4.02. The molecule has 0 amide bonds. The predicted molar refractivity (Wildman–Crippen MR) is 75.6 cm³/mol. The van der Waals surface area contributed by atoms with Crippen LogP contribution in [0.3, 0.4) is 0 Å². The molecule has 0 unspecified atom stereocenters. The lowest BCUT2D eigenvalue weighted by molar-refractivity contribution is 0.112. The van der Waals surface area contributed by atoms with E-state index in [1.807, 2.05) is 12.1 Å². The largest absolute Gasteiger partial charge is 0.365 e. The molecular weight excluding hydrogens is 262 g/mol. The van der Waals surface area contributed by atoms with Gasteiger partial charge < -0.3 is 5.32 Å². The van der Waals surface area contributed by atoms with E-state index in [0.29, 0.717) is 18.6 Å². The van der Waals surface area contributed by atoms with Crippen molar-refractivity contribution in [3.63, 3.8) is 0 Å². The number of aldehydes is 1. The molecule has 2 aromatic rings. The molecule has 0 saturated heterocycles. The predicted octanol–water partition coefficient (Wildman–Crippen LogP) is 3.12. The number of hydrogen-bond donors (Lipinski definition) is 1. The molecule has 1 aromatic carbocycles. The van der Waals surface area contributed by atoms with E-state index in [4.69, 9.17) is 11.6 Å². The highest BCUT2D eigenvalue weighted by Gasteiger charge is 2.09. The van der Waals surface area contributed by atoms with Gasteiger partial charge in [-0.2, -0.15) is 0 Å². The number of carbonyl (C=O) groups is 1. The zero-order valence-electron chi connectivity index (χ0n) is 10.6. The minimum Gasteiger partial charge on any atom is -0.365 e. The number of carbonyl (C=O) groups excluding carboxylic acids is 1. The van der Waals surface area contributed by atoms with Crippen molar-refractivity contribution in [3.05, 3.63) is 52.4 Å². The Morgan fingerprint density at radius 2 is 2.00 bits per heavy atom. The van der Waals surface area contributed by atoms with Crippen molar-refractivity contribution in [2.24, 2.45) is 0 Å². The van der Waals surface area contributed by atoms with Gasteiger partial charge in [0.25, 0.3) is 0 Å². The quantitative estimate of drug-likeness (QED) is 0.673. The van der Waals surface area contributed by atoms with Crippen LogP contribution in [0, 0.1) is 0 Å². The average Bonchev–Trinajstić information content (AvgIpc) is 2.45. The van der Waals surface area contributed by atoms with Crippen molar-refractivity contribution in [1.29, 1.82) is 0 Å². The van der Waals surface area contributed by atoms with Gasteiger partial charge in [0.15, 0.2) is 6.29 Å². The maximum Gasteiger partial charge on any atom is 0.156 e. The first-order chi connectivity index (χ1) is 9.26. The molecule has 0 fully saturated rings. The Morgan fingerprint density at radius 3 is 2.68 bits per heavy atom. The topological polar surface area (TPSA) is 54.9 Å². The molecule has 0 aliphatic heterocycles. The van der Waals surface area contributed by atoms with Crippen LogP contribution >= 0.6 is 11.6 Å². The molecule has 0 atom stereocenters. The summed E-state index contributed by atoms with van der Waals surface area (Å²) in [5.41, 5.74) is 2.73. The van der Waals surface area contributed by atoms with Crippen LogP contribution in [0.2, 0.25) is 5.15 Å². The summed E-state index contributed by atoms with van der Waals surface area (Å²) >= 11 is 5.85. The standard InChI is InChI=1S/C14H14ClN3O/c1-2-10-5-3-4-6-11(10)7-16-14-12(8-19)13(15)17-9-18-14/h3-6,8-9H,2,7H2,1H3,(H,16,17,18). The Labute approximate surface area is 116 Å². The van der Waals surface area contributed by atoms with Gasteiger partial charge in [-0.1, -0.05) is 42.8 Å². The normalized spacial score (nSPS) is 10.2. The smallest absolute Gasteiger partial charge is 0.156 e. The summed E-state index contributed by atoms with van der Waals surface area (Å²) in [6.07, 6.45) is 2.96. The fourth-order valence-electron chi connectivity index (χ4n) is 1.87. The molecule has 0 saturated carbocycles. The van der Waals surface area contributed by atoms with Gasteiger partial charge in [-0.05, 0) is 17.5 Å². The molecule has 5 heteroatoms. The third-order valence-corrected chi connectivity index (χ3v) is 3.20. The molecule has 0 aliphatic rings. The van der Waals surface area contributed by atoms with Crippen LogP contribution in [-0.2, 0) is 13.0 Å². The SMILES string of the molecule is CCc1ccccc1CNc1ncnc(Cl)c1C=O. The number of halogens is 1. The Hall–Kier alpha value is -1.94. The average molecular weight is 276 g/mol. The van der Waals surface area contributed by atoms with Gasteiger partial charge in [-0.3, -0.25) is 4.79 Å². The van der Waals surface area contributed by atoms with E-state index in [1.54, 1.807) is 0 Å². The molecule has 0 spiro atoms. The Balaban J connectivity index is 2.19. The second kappa shape index (κ2) is 6.29. The molecular formula is C14H14ClN3O. The van der Waals surface area contributed by atoms with E-state index < -0.39 is 0 Å². The Bertz CT molecular complexity index is 587. The number of rotatable bonds is 5. The van der Waals surface area contributed by atoms with Crippen molar-refractivity contribution in [2.75, 3.05) is 5.32 Å². The molecule has 4 nitrogen and oxygen atoms in total. The number of aryl methyl sites for hydroxylation is 1. The van der Waals surface area contributed by atoms with Crippen molar-refractivity contribution < 1.29 is 4.79 Å². The third-order valence-electron chi connectivity index (χ3n) is 2.90. The molecule has 1 aromatic heterocycles. The number of benzene rings is 1. The number of nitrogens with zero attached hydrogens (tertiary/aromatic N) is 2. The van der Waals surface area contributed by atoms with Gasteiger partial charge >= 0.3 is 0 Å². The third kappa shape index (κ3) is 3.09. The van der Waals surface area contributed by atoms with Crippen molar-refractivity contribution in [2.45, 2.75) is 19.9 Å². The highest BCUT2D eigenvalue weighted by Crippen LogP contribution is 2.18. The highest BCUT2D eigenvalue weighted by molar-refractivity contribution is 6.32. The van der Waals surface area contributed by atoms with Crippen LogP contribution in [0.5, 0.6) is 0 Å². The first-order valence-electron chi connectivity index (χ1n) is 6.02. The molecule has 0 aliphatic carbocycles. The minimum absolute atomic E-state index is 0.163. The summed E-state index contributed by atoms with van der Waals surface area (Å²) in [4.78, 5) is 18.8. The number of hydrogen-bond acceptors (Lipinski definition) is 4. The first kappa shape index (κ1) is 13.5.